The number of rotatable bonds is 6. The Bertz CT molecular complexity index is 886. The fourth-order valence-electron chi connectivity index (χ4n) is 2.30. The van der Waals surface area contributed by atoms with Gasteiger partial charge in [0.1, 0.15) is 18.2 Å². The van der Waals surface area contributed by atoms with Gasteiger partial charge in [-0.1, -0.05) is 29.8 Å². The van der Waals surface area contributed by atoms with Crippen LogP contribution < -0.4 is 10.1 Å². The Balaban J connectivity index is 1.53. The Hall–Kier alpha value is -2.92. The Kier molecular flexibility index (Phi) is 5.81. The summed E-state index contributed by atoms with van der Waals surface area (Å²) < 4.78 is 18.7. The lowest BCUT2D eigenvalue weighted by atomic mass is 10.2. The number of pyridine rings is 1. The van der Waals surface area contributed by atoms with E-state index in [0.29, 0.717) is 18.9 Å². The maximum absolute atomic E-state index is 13.0. The van der Waals surface area contributed by atoms with Gasteiger partial charge in [-0.2, -0.15) is 0 Å². The molecule has 0 unspecified atom stereocenters. The minimum atomic E-state index is -0.479. The summed E-state index contributed by atoms with van der Waals surface area (Å²) in [5.74, 6) is -0.120. The first-order valence-electron chi connectivity index (χ1n) is 7.97. The quantitative estimate of drug-likeness (QED) is 0.700. The molecule has 0 radical (unpaired) electrons. The molecule has 3 rings (SSSR count). The Morgan fingerprint density at radius 3 is 2.62 bits per heavy atom. The highest BCUT2D eigenvalue weighted by Gasteiger charge is 2.10. The predicted molar refractivity (Wildman–Crippen MR) is 97.6 cm³/mol. The maximum atomic E-state index is 13.0. The Morgan fingerprint density at radius 2 is 1.92 bits per heavy atom. The highest BCUT2D eigenvalue weighted by atomic mass is 35.5. The van der Waals surface area contributed by atoms with E-state index in [1.54, 1.807) is 6.20 Å². The third kappa shape index (κ3) is 4.80. The fraction of sp³-hybridized carbons (Fsp3) is 0.100. The van der Waals surface area contributed by atoms with Crippen molar-refractivity contribution in [3.05, 3.63) is 94.5 Å². The summed E-state index contributed by atoms with van der Waals surface area (Å²) in [5.41, 5.74) is 1.99. The van der Waals surface area contributed by atoms with Crippen LogP contribution in [0.3, 0.4) is 0 Å². The van der Waals surface area contributed by atoms with Crippen LogP contribution in [0, 0.1) is 5.82 Å². The predicted octanol–water partition coefficient (Wildman–Crippen LogP) is 4.38. The molecule has 4 nitrogen and oxygen atoms in total. The van der Waals surface area contributed by atoms with Crippen LogP contribution in [-0.2, 0) is 13.2 Å². The molecule has 2 aromatic carbocycles. The average molecular weight is 371 g/mol. The number of carbonyl (C=O) groups is 1. The number of benzene rings is 2. The Labute approximate surface area is 155 Å². The number of halogens is 2. The van der Waals surface area contributed by atoms with Crippen molar-refractivity contribution in [3.63, 3.8) is 0 Å². The number of ether oxygens (including phenoxy) is 1. The van der Waals surface area contributed by atoms with E-state index in [1.165, 1.54) is 12.1 Å². The number of carbonyl (C=O) groups excluding carboxylic acids is 1. The topological polar surface area (TPSA) is 51.2 Å². The van der Waals surface area contributed by atoms with Gasteiger partial charge in [0, 0.05) is 12.7 Å². The van der Waals surface area contributed by atoms with Crippen LogP contribution in [0.4, 0.5) is 4.39 Å². The SMILES string of the molecule is O=C(NCc1ccc(OCc2ccccn2)cc1)c1ccc(F)cc1Cl. The van der Waals surface area contributed by atoms with Crippen LogP contribution in [0.5, 0.6) is 5.75 Å². The second-order valence-corrected chi connectivity index (χ2v) is 5.97. The zero-order chi connectivity index (χ0) is 18.4. The first kappa shape index (κ1) is 17.9. The lowest BCUT2D eigenvalue weighted by molar-refractivity contribution is 0.0951. The zero-order valence-electron chi connectivity index (χ0n) is 13.8. The third-order valence-corrected chi connectivity index (χ3v) is 3.98. The molecule has 1 aromatic heterocycles. The molecule has 26 heavy (non-hydrogen) atoms. The molecule has 1 amide bonds. The van der Waals surface area contributed by atoms with Crippen molar-refractivity contribution in [1.82, 2.24) is 10.3 Å². The molecular formula is C20H16ClFN2O2. The number of aromatic nitrogens is 1. The first-order chi connectivity index (χ1) is 12.6. The first-order valence-corrected chi connectivity index (χ1v) is 8.34. The van der Waals surface area contributed by atoms with E-state index in [1.807, 2.05) is 42.5 Å². The summed E-state index contributed by atoms with van der Waals surface area (Å²) >= 11 is 5.89. The molecule has 0 spiro atoms. The largest absolute Gasteiger partial charge is 0.487 e. The molecule has 0 saturated carbocycles. The second-order valence-electron chi connectivity index (χ2n) is 5.56. The summed E-state index contributed by atoms with van der Waals surface area (Å²) in [6.07, 6.45) is 1.72. The minimum Gasteiger partial charge on any atom is -0.487 e. The molecular weight excluding hydrogens is 355 g/mol. The van der Waals surface area contributed by atoms with Gasteiger partial charge in [-0.15, -0.1) is 0 Å². The molecule has 0 aliphatic carbocycles. The van der Waals surface area contributed by atoms with Crippen molar-refractivity contribution in [2.45, 2.75) is 13.2 Å². The molecule has 3 aromatic rings. The van der Waals surface area contributed by atoms with E-state index >= 15 is 0 Å². The molecule has 0 aliphatic heterocycles. The molecule has 132 valence electrons. The molecule has 0 aliphatic rings. The third-order valence-electron chi connectivity index (χ3n) is 3.67. The van der Waals surface area contributed by atoms with Crippen molar-refractivity contribution < 1.29 is 13.9 Å². The van der Waals surface area contributed by atoms with Crippen molar-refractivity contribution in [1.29, 1.82) is 0 Å². The van der Waals surface area contributed by atoms with Crippen molar-refractivity contribution in [2.24, 2.45) is 0 Å². The van der Waals surface area contributed by atoms with Crippen LogP contribution in [0.2, 0.25) is 5.02 Å². The molecule has 0 atom stereocenters. The number of hydrogen-bond acceptors (Lipinski definition) is 3. The van der Waals surface area contributed by atoms with Crippen LogP contribution in [0.25, 0.3) is 0 Å². The van der Waals surface area contributed by atoms with E-state index in [0.717, 1.165) is 17.3 Å². The van der Waals surface area contributed by atoms with Gasteiger partial charge in [-0.25, -0.2) is 4.39 Å². The van der Waals surface area contributed by atoms with E-state index < -0.39 is 5.82 Å². The number of hydrogen-bond donors (Lipinski definition) is 1. The fourth-order valence-corrected chi connectivity index (χ4v) is 2.55. The van der Waals surface area contributed by atoms with Crippen LogP contribution >= 0.6 is 11.6 Å². The van der Waals surface area contributed by atoms with Gasteiger partial charge in [0.05, 0.1) is 16.3 Å². The van der Waals surface area contributed by atoms with Gasteiger partial charge in [-0.05, 0) is 48.0 Å². The number of nitrogens with zero attached hydrogens (tertiary/aromatic N) is 1. The van der Waals surface area contributed by atoms with Crippen molar-refractivity contribution in [3.8, 4) is 5.75 Å². The summed E-state index contributed by atoms with van der Waals surface area (Å²) in [7, 11) is 0. The number of nitrogens with one attached hydrogen (secondary N) is 1. The van der Waals surface area contributed by atoms with Gasteiger partial charge in [0.2, 0.25) is 0 Å². The number of amides is 1. The van der Waals surface area contributed by atoms with Crippen molar-refractivity contribution >= 4 is 17.5 Å². The summed E-state index contributed by atoms with van der Waals surface area (Å²) in [6.45, 7) is 0.715. The Morgan fingerprint density at radius 1 is 1.12 bits per heavy atom. The average Bonchev–Trinajstić information content (AvgIpc) is 2.66. The van der Waals surface area contributed by atoms with Gasteiger partial charge in [0.15, 0.2) is 0 Å². The van der Waals surface area contributed by atoms with Gasteiger partial charge in [-0.3, -0.25) is 9.78 Å². The van der Waals surface area contributed by atoms with Gasteiger partial charge >= 0.3 is 0 Å². The normalized spacial score (nSPS) is 10.4. The highest BCUT2D eigenvalue weighted by Crippen LogP contribution is 2.18. The monoisotopic (exact) mass is 370 g/mol. The van der Waals surface area contributed by atoms with E-state index in [4.69, 9.17) is 16.3 Å². The maximum Gasteiger partial charge on any atom is 0.253 e. The minimum absolute atomic E-state index is 0.0840. The highest BCUT2D eigenvalue weighted by molar-refractivity contribution is 6.33. The van der Waals surface area contributed by atoms with Crippen molar-refractivity contribution in [2.75, 3.05) is 0 Å². The smallest absolute Gasteiger partial charge is 0.253 e. The van der Waals surface area contributed by atoms with E-state index in [-0.39, 0.29) is 16.5 Å². The van der Waals surface area contributed by atoms with Crippen LogP contribution in [0.1, 0.15) is 21.6 Å². The molecule has 0 fully saturated rings. The molecule has 0 saturated heterocycles. The lowest BCUT2D eigenvalue weighted by Gasteiger charge is -2.09. The molecule has 6 heteroatoms. The summed E-state index contributed by atoms with van der Waals surface area (Å²) in [4.78, 5) is 16.3. The zero-order valence-corrected chi connectivity index (χ0v) is 14.5. The lowest BCUT2D eigenvalue weighted by Crippen LogP contribution is -2.23. The van der Waals surface area contributed by atoms with Gasteiger partial charge in [0.25, 0.3) is 5.91 Å². The van der Waals surface area contributed by atoms with Crippen LogP contribution in [-0.4, -0.2) is 10.9 Å². The molecule has 1 N–H and O–H groups in total. The summed E-state index contributed by atoms with van der Waals surface area (Å²) in [5, 5.41) is 2.84. The summed E-state index contributed by atoms with van der Waals surface area (Å²) in [6, 6.07) is 16.7. The molecule has 1 heterocycles. The van der Waals surface area contributed by atoms with Crippen LogP contribution in [0.15, 0.2) is 66.9 Å². The second kappa shape index (κ2) is 8.45. The van der Waals surface area contributed by atoms with E-state index in [9.17, 15) is 9.18 Å². The standard InChI is InChI=1S/C20H16ClFN2O2/c21-19-11-15(22)6-9-18(19)20(25)24-12-14-4-7-17(8-5-14)26-13-16-3-1-2-10-23-16/h1-11H,12-13H2,(H,24,25). The van der Waals surface area contributed by atoms with E-state index in [2.05, 4.69) is 10.3 Å². The molecule has 0 bridgehead atoms. The van der Waals surface area contributed by atoms with Gasteiger partial charge < -0.3 is 10.1 Å².